The molecule has 0 radical (unpaired) electrons. The fourth-order valence-electron chi connectivity index (χ4n) is 6.90. The Morgan fingerprint density at radius 1 is 0.800 bits per heavy atom. The normalized spacial score (nSPS) is 17.3. The average Bonchev–Trinajstić information content (AvgIpc) is 3.42. The Balaban J connectivity index is 1.15. The average molecular weight is 677 g/mol. The van der Waals surface area contributed by atoms with Gasteiger partial charge < -0.3 is 25.6 Å². The van der Waals surface area contributed by atoms with Gasteiger partial charge in [-0.15, -0.1) is 0 Å². The lowest BCUT2D eigenvalue weighted by Crippen LogP contribution is -2.37. The van der Waals surface area contributed by atoms with E-state index in [1.807, 2.05) is 109 Å². The maximum absolute atomic E-state index is 13.5. The number of carbonyl (C=O) groups is 2. The molecule has 0 aliphatic heterocycles. The van der Waals surface area contributed by atoms with Crippen molar-refractivity contribution in [3.8, 4) is 5.75 Å². The van der Waals surface area contributed by atoms with Crippen LogP contribution in [0.25, 0.3) is 0 Å². The predicted molar refractivity (Wildman–Crippen MR) is 197 cm³/mol. The van der Waals surface area contributed by atoms with Crippen molar-refractivity contribution in [2.24, 2.45) is 11.3 Å². The van der Waals surface area contributed by atoms with E-state index in [-0.39, 0.29) is 42.0 Å². The molecule has 5 rings (SSSR count). The molecule has 4 N–H and O–H groups in total. The molecule has 264 valence electrons. The van der Waals surface area contributed by atoms with Gasteiger partial charge in [0.25, 0.3) is 0 Å². The van der Waals surface area contributed by atoms with Crippen molar-refractivity contribution >= 4 is 11.8 Å². The number of benzene rings is 4. The van der Waals surface area contributed by atoms with Gasteiger partial charge in [0, 0.05) is 19.3 Å². The molecule has 0 spiro atoms. The molecule has 0 fully saturated rings. The summed E-state index contributed by atoms with van der Waals surface area (Å²) in [4.78, 5) is 26.3. The number of nitrogens with one attached hydrogen (secondary N) is 2. The quantitative estimate of drug-likeness (QED) is 0.0989. The smallest absolute Gasteiger partial charge is 0.220 e. The Morgan fingerprint density at radius 2 is 1.44 bits per heavy atom. The largest absolute Gasteiger partial charge is 0.489 e. The second kappa shape index (κ2) is 17.5. The number of rotatable bonds is 16. The number of carbonyl (C=O) groups excluding carboxylic acids is 2. The number of aliphatic hydroxyl groups excluding tert-OH is 2. The first-order chi connectivity index (χ1) is 24.1. The lowest BCUT2D eigenvalue weighted by atomic mass is 9.82. The van der Waals surface area contributed by atoms with Crippen LogP contribution in [0.15, 0.2) is 109 Å². The second-order valence-electron chi connectivity index (χ2n) is 14.7. The van der Waals surface area contributed by atoms with E-state index < -0.39 is 18.2 Å². The number of aliphatic hydroxyl groups is 2. The van der Waals surface area contributed by atoms with Crippen LogP contribution in [-0.4, -0.2) is 34.2 Å². The van der Waals surface area contributed by atoms with E-state index in [0.29, 0.717) is 38.7 Å². The van der Waals surface area contributed by atoms with Gasteiger partial charge in [-0.3, -0.25) is 9.59 Å². The van der Waals surface area contributed by atoms with Crippen LogP contribution < -0.4 is 15.4 Å². The van der Waals surface area contributed by atoms with E-state index >= 15 is 0 Å². The van der Waals surface area contributed by atoms with Gasteiger partial charge >= 0.3 is 0 Å². The standard InChI is InChI=1S/C43H52N2O5/c1-43(2,3)42(32-21-24-35(25-22-32)50-29-31-15-8-5-9-16-31)45-40(49)26-23-34(27-30-13-6-4-7-14-30)37(46)19-12-20-39(48)44-41-36-18-11-10-17-33(36)28-38(41)47/h4-11,13-18,21-22,24-25,34,37-38,41-42,46-47H,12,19-20,23,26-29H2,1-3H3,(H,44,48)(H,45,49)/t34-,37+,38-,41+,42?/m1/s1. The van der Waals surface area contributed by atoms with E-state index in [1.54, 1.807) is 0 Å². The van der Waals surface area contributed by atoms with E-state index in [2.05, 4.69) is 31.4 Å². The molecule has 2 amide bonds. The molecule has 1 aliphatic rings. The molecular formula is C43H52N2O5. The molecule has 0 bridgehead atoms. The SMILES string of the molecule is CC(C)(C)C(NC(=O)CC[C@H](Cc1ccccc1)[C@@H](O)CCCC(=O)N[C@H]1c2ccccc2C[C@H]1O)c1ccc(OCc2ccccc2)cc1. The zero-order chi connectivity index (χ0) is 35.5. The van der Waals surface area contributed by atoms with Crippen molar-refractivity contribution < 1.29 is 24.5 Å². The minimum absolute atomic E-state index is 0.0608. The zero-order valence-corrected chi connectivity index (χ0v) is 29.6. The van der Waals surface area contributed by atoms with Crippen molar-refractivity contribution in [1.29, 1.82) is 0 Å². The topological polar surface area (TPSA) is 108 Å². The van der Waals surface area contributed by atoms with Gasteiger partial charge in [0.1, 0.15) is 12.4 Å². The lowest BCUT2D eigenvalue weighted by Gasteiger charge is -2.32. The zero-order valence-electron chi connectivity index (χ0n) is 29.6. The minimum Gasteiger partial charge on any atom is -0.489 e. The van der Waals surface area contributed by atoms with Crippen molar-refractivity contribution in [3.63, 3.8) is 0 Å². The first-order valence-electron chi connectivity index (χ1n) is 17.9. The van der Waals surface area contributed by atoms with Crippen molar-refractivity contribution in [1.82, 2.24) is 10.6 Å². The van der Waals surface area contributed by atoms with E-state index in [9.17, 15) is 19.8 Å². The molecular weight excluding hydrogens is 624 g/mol. The Bertz CT molecular complexity index is 1650. The number of fused-ring (bicyclic) bond motifs is 1. The molecule has 7 nitrogen and oxygen atoms in total. The van der Waals surface area contributed by atoms with Crippen LogP contribution in [-0.2, 0) is 29.0 Å². The minimum atomic E-state index is -0.671. The van der Waals surface area contributed by atoms with E-state index in [4.69, 9.17) is 4.74 Å². The molecule has 7 heteroatoms. The summed E-state index contributed by atoms with van der Waals surface area (Å²) in [6.07, 6.45) is 1.85. The van der Waals surface area contributed by atoms with Crippen molar-refractivity contribution in [3.05, 3.63) is 137 Å². The molecule has 0 aromatic heterocycles. The van der Waals surface area contributed by atoms with Crippen LogP contribution in [0.3, 0.4) is 0 Å². The summed E-state index contributed by atoms with van der Waals surface area (Å²) in [6.45, 7) is 6.83. The molecule has 0 heterocycles. The van der Waals surface area contributed by atoms with Gasteiger partial charge in [-0.2, -0.15) is 0 Å². The van der Waals surface area contributed by atoms with Gasteiger partial charge in [-0.1, -0.05) is 118 Å². The molecule has 0 saturated heterocycles. The van der Waals surface area contributed by atoms with Crippen LogP contribution >= 0.6 is 0 Å². The van der Waals surface area contributed by atoms with Crippen LogP contribution in [0.2, 0.25) is 0 Å². The molecule has 1 unspecified atom stereocenters. The predicted octanol–water partition coefficient (Wildman–Crippen LogP) is 7.41. The Labute approximate surface area is 297 Å². The van der Waals surface area contributed by atoms with E-state index in [0.717, 1.165) is 33.6 Å². The van der Waals surface area contributed by atoms with Gasteiger partial charge in [-0.05, 0) is 77.0 Å². The van der Waals surface area contributed by atoms with Crippen LogP contribution in [0, 0.1) is 11.3 Å². The fourth-order valence-corrected chi connectivity index (χ4v) is 6.90. The summed E-state index contributed by atoms with van der Waals surface area (Å²) < 4.78 is 5.97. The van der Waals surface area contributed by atoms with Crippen molar-refractivity contribution in [2.45, 2.75) is 96.6 Å². The lowest BCUT2D eigenvalue weighted by molar-refractivity contribution is -0.123. The molecule has 1 aliphatic carbocycles. The third-order valence-corrected chi connectivity index (χ3v) is 9.68. The third kappa shape index (κ3) is 10.5. The summed E-state index contributed by atoms with van der Waals surface area (Å²) in [5.41, 5.74) is 5.00. The monoisotopic (exact) mass is 676 g/mol. The maximum Gasteiger partial charge on any atom is 0.220 e. The Morgan fingerprint density at radius 3 is 2.12 bits per heavy atom. The summed E-state index contributed by atoms with van der Waals surface area (Å²) in [7, 11) is 0. The van der Waals surface area contributed by atoms with Gasteiger partial charge in [0.2, 0.25) is 11.8 Å². The summed E-state index contributed by atoms with van der Waals surface area (Å²) in [5, 5.41) is 28.2. The van der Waals surface area contributed by atoms with Gasteiger partial charge in [0.05, 0.1) is 24.3 Å². The summed E-state index contributed by atoms with van der Waals surface area (Å²) in [6, 6.07) is 35.2. The molecule has 4 aromatic carbocycles. The van der Waals surface area contributed by atoms with Crippen molar-refractivity contribution in [2.75, 3.05) is 0 Å². The number of hydrogen-bond donors (Lipinski definition) is 4. The highest BCUT2D eigenvalue weighted by molar-refractivity contribution is 5.77. The Hall–Kier alpha value is -4.46. The highest BCUT2D eigenvalue weighted by Crippen LogP contribution is 2.34. The third-order valence-electron chi connectivity index (χ3n) is 9.68. The summed E-state index contributed by atoms with van der Waals surface area (Å²) >= 11 is 0. The highest BCUT2D eigenvalue weighted by atomic mass is 16.5. The molecule has 50 heavy (non-hydrogen) atoms. The fraction of sp³-hybridized carbons (Fsp3) is 0.395. The van der Waals surface area contributed by atoms with Gasteiger partial charge in [-0.25, -0.2) is 0 Å². The first-order valence-corrected chi connectivity index (χ1v) is 17.9. The number of amides is 2. The number of hydrogen-bond acceptors (Lipinski definition) is 5. The van der Waals surface area contributed by atoms with Crippen LogP contribution in [0.1, 0.15) is 92.8 Å². The highest BCUT2D eigenvalue weighted by Gasteiger charge is 2.32. The molecule has 5 atom stereocenters. The van der Waals surface area contributed by atoms with Crippen LogP contribution in [0.5, 0.6) is 5.75 Å². The van der Waals surface area contributed by atoms with Gasteiger partial charge in [0.15, 0.2) is 0 Å². The number of ether oxygens (including phenoxy) is 1. The van der Waals surface area contributed by atoms with E-state index in [1.165, 1.54) is 0 Å². The first kappa shape index (κ1) is 36.8. The Kier molecular flexibility index (Phi) is 12.9. The maximum atomic E-state index is 13.5. The summed E-state index contributed by atoms with van der Waals surface area (Å²) in [5.74, 6) is 0.424. The molecule has 0 saturated carbocycles. The molecule has 4 aromatic rings. The second-order valence-corrected chi connectivity index (χ2v) is 14.7. The van der Waals surface area contributed by atoms with Crippen LogP contribution in [0.4, 0.5) is 0 Å².